The molecule has 0 fully saturated rings. The molecule has 3 amide bonds. The molecule has 3 aromatic carbocycles. The highest BCUT2D eigenvalue weighted by atomic mass is 16.5. The van der Waals surface area contributed by atoms with Crippen molar-refractivity contribution < 1.29 is 23.9 Å². The molecule has 0 unspecified atom stereocenters. The summed E-state index contributed by atoms with van der Waals surface area (Å²) >= 11 is 0. The number of nitrogens with zero attached hydrogens (tertiary/aromatic N) is 1. The van der Waals surface area contributed by atoms with E-state index in [0.29, 0.717) is 34.7 Å². The lowest BCUT2D eigenvalue weighted by molar-refractivity contribution is 0.0504. The Morgan fingerprint density at radius 3 is 2.12 bits per heavy atom. The van der Waals surface area contributed by atoms with Crippen LogP contribution in [0.1, 0.15) is 54.8 Å². The lowest BCUT2D eigenvalue weighted by Crippen LogP contribution is -2.29. The second kappa shape index (κ2) is 8.85. The maximum absolute atomic E-state index is 12.7. The third kappa shape index (κ3) is 4.00. The topological polar surface area (TPSA) is 92.8 Å². The minimum Gasteiger partial charge on any atom is -0.462 e. The van der Waals surface area contributed by atoms with Gasteiger partial charge >= 0.3 is 5.97 Å². The van der Waals surface area contributed by atoms with Gasteiger partial charge in [0.2, 0.25) is 0 Å². The van der Waals surface area contributed by atoms with Gasteiger partial charge in [-0.2, -0.15) is 0 Å². The van der Waals surface area contributed by atoms with Crippen molar-refractivity contribution >= 4 is 35.1 Å². The zero-order valence-electron chi connectivity index (χ0n) is 17.3. The number of rotatable bonds is 6. The molecule has 0 aliphatic carbocycles. The molecule has 1 heterocycles. The van der Waals surface area contributed by atoms with Crippen LogP contribution in [-0.4, -0.2) is 30.3 Å². The summed E-state index contributed by atoms with van der Waals surface area (Å²) in [5.41, 5.74) is 2.16. The monoisotopic (exact) mass is 428 g/mol. The van der Waals surface area contributed by atoms with Gasteiger partial charge in [-0.3, -0.25) is 14.4 Å². The van der Waals surface area contributed by atoms with Gasteiger partial charge in [-0.1, -0.05) is 25.1 Å². The first-order valence-electron chi connectivity index (χ1n) is 10.2. The number of nitrogens with one attached hydrogen (secondary N) is 1. The van der Waals surface area contributed by atoms with Crippen molar-refractivity contribution in [1.82, 2.24) is 0 Å². The summed E-state index contributed by atoms with van der Waals surface area (Å²) < 4.78 is 5.08. The Hall–Kier alpha value is -4.26. The summed E-state index contributed by atoms with van der Waals surface area (Å²) in [6.45, 7) is 2.26. The number of benzene rings is 3. The van der Waals surface area contributed by atoms with Crippen LogP contribution in [0.25, 0.3) is 0 Å². The van der Waals surface area contributed by atoms with E-state index in [2.05, 4.69) is 5.32 Å². The molecular formula is C25H20N2O5. The second-order valence-electron chi connectivity index (χ2n) is 7.21. The van der Waals surface area contributed by atoms with Gasteiger partial charge in [-0.15, -0.1) is 0 Å². The van der Waals surface area contributed by atoms with Crippen molar-refractivity contribution in [3.8, 4) is 0 Å². The molecule has 3 aromatic rings. The van der Waals surface area contributed by atoms with Crippen LogP contribution >= 0.6 is 0 Å². The van der Waals surface area contributed by atoms with E-state index in [4.69, 9.17) is 4.74 Å². The lowest BCUT2D eigenvalue weighted by atomic mass is 10.1. The number of carbonyl (C=O) groups excluding carboxylic acids is 4. The summed E-state index contributed by atoms with van der Waals surface area (Å²) in [5.74, 6) is -1.68. The number of anilines is 2. The molecular weight excluding hydrogens is 408 g/mol. The molecule has 1 aliphatic heterocycles. The molecule has 160 valence electrons. The zero-order chi connectivity index (χ0) is 22.7. The number of amides is 3. The van der Waals surface area contributed by atoms with Gasteiger partial charge in [-0.25, -0.2) is 9.69 Å². The van der Waals surface area contributed by atoms with Gasteiger partial charge in [0, 0.05) is 11.3 Å². The number of hydrogen-bond donors (Lipinski definition) is 1. The van der Waals surface area contributed by atoms with E-state index in [1.165, 1.54) is 6.07 Å². The SMILES string of the molecule is CCCOC(=O)c1ccc(NC(=O)c2cccc(N3C(=O)c4ccccc4C3=O)c2)cc1. The Balaban J connectivity index is 1.49. The van der Waals surface area contributed by atoms with E-state index in [1.54, 1.807) is 66.7 Å². The van der Waals surface area contributed by atoms with Crippen molar-refractivity contribution in [1.29, 1.82) is 0 Å². The van der Waals surface area contributed by atoms with E-state index in [9.17, 15) is 19.2 Å². The minimum absolute atomic E-state index is 0.283. The minimum atomic E-state index is -0.422. The number of imide groups is 1. The maximum Gasteiger partial charge on any atom is 0.338 e. The number of hydrogen-bond acceptors (Lipinski definition) is 5. The van der Waals surface area contributed by atoms with E-state index < -0.39 is 23.7 Å². The molecule has 0 bridgehead atoms. The van der Waals surface area contributed by atoms with Crippen molar-refractivity contribution in [3.63, 3.8) is 0 Å². The fraction of sp³-hybridized carbons (Fsp3) is 0.120. The Kier molecular flexibility index (Phi) is 5.81. The first-order valence-corrected chi connectivity index (χ1v) is 10.2. The highest BCUT2D eigenvalue weighted by molar-refractivity contribution is 6.34. The third-order valence-electron chi connectivity index (χ3n) is 4.98. The molecule has 1 aliphatic rings. The number of carbonyl (C=O) groups is 4. The lowest BCUT2D eigenvalue weighted by Gasteiger charge is -2.15. The summed E-state index contributed by atoms with van der Waals surface area (Å²) in [6, 6.07) is 19.3. The van der Waals surface area contributed by atoms with Crippen molar-refractivity contribution in [2.75, 3.05) is 16.8 Å². The third-order valence-corrected chi connectivity index (χ3v) is 4.98. The molecule has 0 radical (unpaired) electrons. The molecule has 7 nitrogen and oxygen atoms in total. The molecule has 7 heteroatoms. The smallest absolute Gasteiger partial charge is 0.338 e. The summed E-state index contributed by atoms with van der Waals surface area (Å²) in [4.78, 5) is 51.1. The van der Waals surface area contributed by atoms with E-state index in [-0.39, 0.29) is 5.56 Å². The normalized spacial score (nSPS) is 12.5. The molecule has 4 rings (SSSR count). The number of ether oxygens (including phenoxy) is 1. The van der Waals surface area contributed by atoms with Gasteiger partial charge in [-0.05, 0) is 61.0 Å². The van der Waals surface area contributed by atoms with Crippen LogP contribution in [-0.2, 0) is 4.74 Å². The molecule has 0 saturated heterocycles. The van der Waals surface area contributed by atoms with Crippen molar-refractivity contribution in [2.45, 2.75) is 13.3 Å². The van der Waals surface area contributed by atoms with Crippen molar-refractivity contribution in [3.05, 3.63) is 95.1 Å². The molecule has 0 atom stereocenters. The zero-order valence-corrected chi connectivity index (χ0v) is 17.3. The Morgan fingerprint density at radius 2 is 1.50 bits per heavy atom. The molecule has 0 aromatic heterocycles. The number of fused-ring (bicyclic) bond motifs is 1. The molecule has 0 saturated carbocycles. The van der Waals surface area contributed by atoms with E-state index >= 15 is 0 Å². The summed E-state index contributed by atoms with van der Waals surface area (Å²) in [5, 5.41) is 2.75. The van der Waals surface area contributed by atoms with Gasteiger partial charge in [0.1, 0.15) is 0 Å². The van der Waals surface area contributed by atoms with Crippen LogP contribution in [0.5, 0.6) is 0 Å². The van der Waals surface area contributed by atoms with Gasteiger partial charge < -0.3 is 10.1 Å². The Bertz CT molecular complexity index is 1180. The van der Waals surface area contributed by atoms with E-state index in [1.807, 2.05) is 6.92 Å². The average Bonchev–Trinajstić information content (AvgIpc) is 3.08. The van der Waals surface area contributed by atoms with E-state index in [0.717, 1.165) is 11.3 Å². The van der Waals surface area contributed by atoms with Crippen LogP contribution in [0.2, 0.25) is 0 Å². The number of esters is 1. The fourth-order valence-electron chi connectivity index (χ4n) is 3.38. The Morgan fingerprint density at radius 1 is 0.844 bits per heavy atom. The standard InChI is InChI=1S/C25H20N2O5/c1-2-14-32-25(31)16-10-12-18(13-11-16)26-22(28)17-6-5-7-19(15-17)27-23(29)20-8-3-4-9-21(20)24(27)30/h3-13,15H,2,14H2,1H3,(H,26,28). The predicted octanol–water partition coefficient (Wildman–Crippen LogP) is 4.31. The van der Waals surface area contributed by atoms with Crippen LogP contribution in [0.4, 0.5) is 11.4 Å². The highest BCUT2D eigenvalue weighted by Gasteiger charge is 2.36. The van der Waals surface area contributed by atoms with Crippen molar-refractivity contribution in [2.24, 2.45) is 0 Å². The van der Waals surface area contributed by atoms with Gasteiger partial charge in [0.15, 0.2) is 0 Å². The van der Waals surface area contributed by atoms with Crippen LogP contribution in [0, 0.1) is 0 Å². The second-order valence-corrected chi connectivity index (χ2v) is 7.21. The highest BCUT2D eigenvalue weighted by Crippen LogP contribution is 2.29. The van der Waals surface area contributed by atoms with Crippen LogP contribution in [0.15, 0.2) is 72.8 Å². The molecule has 1 N–H and O–H groups in total. The predicted molar refractivity (Wildman–Crippen MR) is 119 cm³/mol. The molecule has 32 heavy (non-hydrogen) atoms. The first-order chi connectivity index (χ1) is 15.5. The Labute approximate surface area is 184 Å². The first kappa shape index (κ1) is 21.0. The van der Waals surface area contributed by atoms with Crippen LogP contribution in [0.3, 0.4) is 0 Å². The summed E-state index contributed by atoms with van der Waals surface area (Å²) in [6.07, 6.45) is 0.736. The molecule has 0 spiro atoms. The largest absolute Gasteiger partial charge is 0.462 e. The van der Waals surface area contributed by atoms with Crippen LogP contribution < -0.4 is 10.2 Å². The maximum atomic E-state index is 12.7. The summed E-state index contributed by atoms with van der Waals surface area (Å²) in [7, 11) is 0. The fourth-order valence-corrected chi connectivity index (χ4v) is 3.38. The van der Waals surface area contributed by atoms with Gasteiger partial charge in [0.25, 0.3) is 17.7 Å². The van der Waals surface area contributed by atoms with Gasteiger partial charge in [0.05, 0.1) is 29.0 Å². The quantitative estimate of drug-likeness (QED) is 0.467. The average molecular weight is 428 g/mol.